The van der Waals surface area contributed by atoms with Crippen LogP contribution in [0, 0.1) is 0 Å². The third-order valence-electron chi connectivity index (χ3n) is 2.52. The highest BCUT2D eigenvalue weighted by atomic mass is 16.4. The van der Waals surface area contributed by atoms with Gasteiger partial charge in [0.2, 0.25) is 0 Å². The summed E-state index contributed by atoms with van der Waals surface area (Å²) in [4.78, 5) is 19.2. The average molecular weight is 228 g/mol. The first-order valence-electron chi connectivity index (χ1n) is 4.95. The number of carboxylic acids is 1. The fourth-order valence-electron chi connectivity index (χ4n) is 1.79. The van der Waals surface area contributed by atoms with E-state index in [4.69, 9.17) is 5.11 Å². The predicted octanol–water partition coefficient (Wildman–Crippen LogP) is 1.24. The summed E-state index contributed by atoms with van der Waals surface area (Å²) in [6.45, 7) is 0. The number of nitrogens with zero attached hydrogens (tertiary/aromatic N) is 4. The second-order valence-corrected chi connectivity index (χ2v) is 3.50. The number of pyridine rings is 1. The molecule has 0 radical (unpaired) electrons. The lowest BCUT2D eigenvalue weighted by Gasteiger charge is -2.07. The number of imidazole rings is 1. The van der Waals surface area contributed by atoms with E-state index in [1.807, 2.05) is 0 Å². The van der Waals surface area contributed by atoms with Crippen LogP contribution in [-0.2, 0) is 0 Å². The van der Waals surface area contributed by atoms with E-state index < -0.39 is 5.97 Å². The van der Waals surface area contributed by atoms with Crippen molar-refractivity contribution in [3.8, 4) is 0 Å². The minimum absolute atomic E-state index is 0.216. The van der Waals surface area contributed by atoms with Gasteiger partial charge in [0.25, 0.3) is 0 Å². The first kappa shape index (κ1) is 9.59. The van der Waals surface area contributed by atoms with Crippen molar-refractivity contribution < 1.29 is 9.90 Å². The molecular formula is C11H8N4O2. The van der Waals surface area contributed by atoms with Gasteiger partial charge in [0.1, 0.15) is 11.8 Å². The molecule has 0 fully saturated rings. The fourth-order valence-corrected chi connectivity index (χ4v) is 1.79. The van der Waals surface area contributed by atoms with E-state index in [9.17, 15) is 4.79 Å². The number of hydrogen-bond acceptors (Lipinski definition) is 3. The molecule has 0 bridgehead atoms. The number of aromatic nitrogens is 4. The van der Waals surface area contributed by atoms with Crippen LogP contribution in [0.15, 0.2) is 43.2 Å². The highest BCUT2D eigenvalue weighted by Crippen LogP contribution is 2.18. The van der Waals surface area contributed by atoms with Crippen LogP contribution in [-0.4, -0.2) is 30.4 Å². The van der Waals surface area contributed by atoms with Crippen LogP contribution in [0.4, 0.5) is 0 Å². The van der Waals surface area contributed by atoms with Gasteiger partial charge in [0.15, 0.2) is 0 Å². The Kier molecular flexibility index (Phi) is 1.94. The molecule has 0 amide bonds. The van der Waals surface area contributed by atoms with E-state index in [-0.39, 0.29) is 5.56 Å². The van der Waals surface area contributed by atoms with E-state index >= 15 is 0 Å². The standard InChI is InChI=1S/C11H8N4O2/c16-11(17)8-1-3-13-9-2-5-15(10(8)9)14-6-4-12-7-14/h1-7H,(H,16,17). The third-order valence-corrected chi connectivity index (χ3v) is 2.52. The second kappa shape index (κ2) is 3.44. The quantitative estimate of drug-likeness (QED) is 0.716. The van der Waals surface area contributed by atoms with Crippen molar-refractivity contribution in [3.63, 3.8) is 0 Å². The van der Waals surface area contributed by atoms with E-state index in [0.717, 1.165) is 0 Å². The molecule has 3 aromatic rings. The number of hydrogen-bond donors (Lipinski definition) is 1. The normalized spacial score (nSPS) is 10.8. The number of aromatic carboxylic acids is 1. The van der Waals surface area contributed by atoms with Crippen LogP contribution >= 0.6 is 0 Å². The molecule has 17 heavy (non-hydrogen) atoms. The average Bonchev–Trinajstić information content (AvgIpc) is 2.96. The Morgan fingerprint density at radius 3 is 2.82 bits per heavy atom. The maximum Gasteiger partial charge on any atom is 0.338 e. The summed E-state index contributed by atoms with van der Waals surface area (Å²) in [7, 11) is 0. The molecule has 3 aromatic heterocycles. The maximum absolute atomic E-state index is 11.2. The smallest absolute Gasteiger partial charge is 0.338 e. The Morgan fingerprint density at radius 1 is 1.24 bits per heavy atom. The first-order chi connectivity index (χ1) is 8.27. The van der Waals surface area contributed by atoms with Gasteiger partial charge in [-0.2, -0.15) is 0 Å². The zero-order valence-electron chi connectivity index (χ0n) is 8.69. The molecule has 84 valence electrons. The summed E-state index contributed by atoms with van der Waals surface area (Å²) in [6.07, 6.45) is 8.20. The Bertz CT molecular complexity index is 685. The first-order valence-corrected chi connectivity index (χ1v) is 4.95. The van der Waals surface area contributed by atoms with Crippen LogP contribution < -0.4 is 0 Å². The summed E-state index contributed by atoms with van der Waals surface area (Å²) in [5.74, 6) is -0.975. The highest BCUT2D eigenvalue weighted by molar-refractivity contribution is 6.00. The summed E-state index contributed by atoms with van der Waals surface area (Å²) in [5, 5.41) is 9.16. The van der Waals surface area contributed by atoms with Crippen molar-refractivity contribution in [2.45, 2.75) is 0 Å². The van der Waals surface area contributed by atoms with Crippen LogP contribution in [0.3, 0.4) is 0 Å². The lowest BCUT2D eigenvalue weighted by molar-refractivity contribution is 0.0698. The van der Waals surface area contributed by atoms with Crippen molar-refractivity contribution in [2.75, 3.05) is 0 Å². The van der Waals surface area contributed by atoms with Gasteiger partial charge in [0, 0.05) is 24.8 Å². The Balaban J connectivity index is 2.37. The molecule has 6 nitrogen and oxygen atoms in total. The molecule has 1 N–H and O–H groups in total. The van der Waals surface area contributed by atoms with Gasteiger partial charge >= 0.3 is 5.97 Å². The fraction of sp³-hybridized carbons (Fsp3) is 0. The van der Waals surface area contributed by atoms with E-state index in [2.05, 4.69) is 9.97 Å². The van der Waals surface area contributed by atoms with E-state index in [0.29, 0.717) is 11.0 Å². The number of fused-ring (bicyclic) bond motifs is 1. The monoisotopic (exact) mass is 228 g/mol. The Hall–Kier alpha value is -2.63. The van der Waals surface area contributed by atoms with Gasteiger partial charge in [-0.1, -0.05) is 0 Å². The molecule has 0 aliphatic heterocycles. The van der Waals surface area contributed by atoms with Gasteiger partial charge < -0.3 is 5.11 Å². The second-order valence-electron chi connectivity index (χ2n) is 3.50. The zero-order valence-corrected chi connectivity index (χ0v) is 8.69. The van der Waals surface area contributed by atoms with Gasteiger partial charge in [-0.05, 0) is 12.1 Å². The van der Waals surface area contributed by atoms with E-state index in [1.165, 1.54) is 12.3 Å². The van der Waals surface area contributed by atoms with Gasteiger partial charge in [-0.3, -0.25) is 9.66 Å². The Labute approximate surface area is 95.7 Å². The van der Waals surface area contributed by atoms with Crippen LogP contribution in [0.5, 0.6) is 0 Å². The van der Waals surface area contributed by atoms with E-state index in [1.54, 1.807) is 40.3 Å². The van der Waals surface area contributed by atoms with Crippen LogP contribution in [0.25, 0.3) is 11.0 Å². The van der Waals surface area contributed by atoms with Gasteiger partial charge in [-0.25, -0.2) is 14.5 Å². The van der Waals surface area contributed by atoms with Crippen LogP contribution in [0.1, 0.15) is 10.4 Å². The van der Waals surface area contributed by atoms with Gasteiger partial charge in [-0.15, -0.1) is 0 Å². The minimum atomic E-state index is -0.975. The SMILES string of the molecule is O=C(O)c1ccnc2ccn(-n3ccnc3)c12. The topological polar surface area (TPSA) is 72.9 Å². The molecule has 3 heterocycles. The molecule has 0 aromatic carbocycles. The number of carboxylic acid groups (broad SMARTS) is 1. The maximum atomic E-state index is 11.2. The van der Waals surface area contributed by atoms with Gasteiger partial charge in [0.05, 0.1) is 11.1 Å². The van der Waals surface area contributed by atoms with Crippen molar-refractivity contribution in [3.05, 3.63) is 48.8 Å². The molecule has 6 heteroatoms. The number of carbonyl (C=O) groups is 1. The molecule has 3 rings (SSSR count). The van der Waals surface area contributed by atoms with Crippen LogP contribution in [0.2, 0.25) is 0 Å². The lowest BCUT2D eigenvalue weighted by Crippen LogP contribution is -2.08. The predicted molar refractivity (Wildman–Crippen MR) is 59.7 cm³/mol. The highest BCUT2D eigenvalue weighted by Gasteiger charge is 2.13. The molecule has 0 spiro atoms. The van der Waals surface area contributed by atoms with Crippen molar-refractivity contribution >= 4 is 17.0 Å². The van der Waals surface area contributed by atoms with Crippen molar-refractivity contribution in [2.24, 2.45) is 0 Å². The molecule has 0 atom stereocenters. The molecule has 0 saturated heterocycles. The minimum Gasteiger partial charge on any atom is -0.478 e. The summed E-state index contributed by atoms with van der Waals surface area (Å²) in [5.41, 5.74) is 1.41. The molecule has 0 saturated carbocycles. The largest absolute Gasteiger partial charge is 0.478 e. The van der Waals surface area contributed by atoms with Crippen molar-refractivity contribution in [1.29, 1.82) is 0 Å². The zero-order chi connectivity index (χ0) is 11.8. The molecule has 0 aliphatic carbocycles. The lowest BCUT2D eigenvalue weighted by atomic mass is 10.2. The molecule has 0 aliphatic rings. The summed E-state index contributed by atoms with van der Waals surface area (Å²) in [6, 6.07) is 3.25. The molecular weight excluding hydrogens is 220 g/mol. The summed E-state index contributed by atoms with van der Waals surface area (Å²) >= 11 is 0. The summed E-state index contributed by atoms with van der Waals surface area (Å²) < 4.78 is 3.38. The van der Waals surface area contributed by atoms with Crippen molar-refractivity contribution in [1.82, 2.24) is 19.3 Å². The number of rotatable bonds is 2. The third kappa shape index (κ3) is 1.38. The molecule has 0 unspecified atom stereocenters. The Morgan fingerprint density at radius 2 is 2.12 bits per heavy atom.